The van der Waals surface area contributed by atoms with Crippen molar-refractivity contribution in [1.29, 1.82) is 0 Å². The van der Waals surface area contributed by atoms with Crippen molar-refractivity contribution in [3.05, 3.63) is 35.4 Å². The monoisotopic (exact) mass is 216 g/mol. The van der Waals surface area contributed by atoms with Crippen LogP contribution in [0, 0.1) is 11.6 Å². The highest BCUT2D eigenvalue weighted by molar-refractivity contribution is 5.80. The molecule has 0 unspecified atom stereocenters. The van der Waals surface area contributed by atoms with Crippen LogP contribution in [0.25, 0.3) is 0 Å². The van der Waals surface area contributed by atoms with Gasteiger partial charge in [-0.3, -0.25) is 0 Å². The number of rotatable bonds is 2. The van der Waals surface area contributed by atoms with Crippen LogP contribution in [0.4, 0.5) is 8.78 Å². The smallest absolute Gasteiger partial charge is 0.342 e. The first-order valence-corrected chi connectivity index (χ1v) is 4.15. The van der Waals surface area contributed by atoms with Crippen LogP contribution in [0.5, 0.6) is 0 Å². The summed E-state index contributed by atoms with van der Waals surface area (Å²) >= 11 is 0. The van der Waals surface area contributed by atoms with Gasteiger partial charge in [-0.25, -0.2) is 13.6 Å². The van der Waals surface area contributed by atoms with Gasteiger partial charge in [0.15, 0.2) is 5.60 Å². The van der Waals surface area contributed by atoms with Crippen LogP contribution in [0.3, 0.4) is 0 Å². The molecule has 1 aromatic carbocycles. The maximum atomic E-state index is 12.8. The second-order valence-electron chi connectivity index (χ2n) is 3.22. The Kier molecular flexibility index (Phi) is 3.04. The summed E-state index contributed by atoms with van der Waals surface area (Å²) in [6.07, 6.45) is 0. The summed E-state index contributed by atoms with van der Waals surface area (Å²) in [5.74, 6) is -2.71. The molecule has 0 heterocycles. The average molecular weight is 216 g/mol. The Bertz CT molecular complexity index is 368. The Hall–Kier alpha value is -1.49. The van der Waals surface area contributed by atoms with E-state index in [0.717, 1.165) is 26.2 Å². The zero-order valence-electron chi connectivity index (χ0n) is 8.25. The number of benzene rings is 1. The lowest BCUT2D eigenvalue weighted by molar-refractivity contribution is -0.161. The average Bonchev–Trinajstić information content (AvgIpc) is 2.15. The van der Waals surface area contributed by atoms with E-state index >= 15 is 0 Å². The van der Waals surface area contributed by atoms with Crippen LogP contribution >= 0.6 is 0 Å². The van der Waals surface area contributed by atoms with E-state index in [4.69, 9.17) is 0 Å². The highest BCUT2D eigenvalue weighted by Crippen LogP contribution is 2.23. The Morgan fingerprint density at radius 1 is 1.33 bits per heavy atom. The number of hydrogen-bond donors (Lipinski definition) is 1. The molecule has 0 amide bonds. The van der Waals surface area contributed by atoms with Crippen molar-refractivity contribution in [3.63, 3.8) is 0 Å². The number of hydrogen-bond acceptors (Lipinski definition) is 3. The summed E-state index contributed by atoms with van der Waals surface area (Å²) in [5.41, 5.74) is -2.25. The molecular weight excluding hydrogens is 206 g/mol. The zero-order chi connectivity index (χ0) is 11.6. The maximum Gasteiger partial charge on any atom is 0.342 e. The predicted molar refractivity (Wildman–Crippen MR) is 47.9 cm³/mol. The minimum Gasteiger partial charge on any atom is -0.467 e. The third-order valence-electron chi connectivity index (χ3n) is 2.01. The first kappa shape index (κ1) is 11.6. The van der Waals surface area contributed by atoms with Crippen molar-refractivity contribution in [2.24, 2.45) is 0 Å². The topological polar surface area (TPSA) is 46.5 Å². The first-order chi connectivity index (χ1) is 6.87. The third-order valence-corrected chi connectivity index (χ3v) is 2.01. The van der Waals surface area contributed by atoms with Gasteiger partial charge in [0.2, 0.25) is 0 Å². The van der Waals surface area contributed by atoms with Crippen LogP contribution in [-0.2, 0) is 15.1 Å². The SMILES string of the molecule is COC(=O)[C@@](C)(O)c1cc(F)cc(F)c1. The van der Waals surface area contributed by atoms with Gasteiger partial charge in [-0.1, -0.05) is 0 Å². The van der Waals surface area contributed by atoms with Crippen molar-refractivity contribution in [2.75, 3.05) is 7.11 Å². The van der Waals surface area contributed by atoms with Crippen LogP contribution < -0.4 is 0 Å². The van der Waals surface area contributed by atoms with Crippen LogP contribution in [0.1, 0.15) is 12.5 Å². The van der Waals surface area contributed by atoms with Crippen molar-refractivity contribution >= 4 is 5.97 Å². The fourth-order valence-electron chi connectivity index (χ4n) is 1.15. The van der Waals surface area contributed by atoms with E-state index in [0.29, 0.717) is 6.07 Å². The first-order valence-electron chi connectivity index (χ1n) is 4.15. The number of halogens is 2. The molecule has 15 heavy (non-hydrogen) atoms. The second-order valence-corrected chi connectivity index (χ2v) is 3.22. The van der Waals surface area contributed by atoms with Crippen LogP contribution in [0.15, 0.2) is 18.2 Å². The molecule has 1 aromatic rings. The van der Waals surface area contributed by atoms with E-state index in [2.05, 4.69) is 4.74 Å². The van der Waals surface area contributed by atoms with Gasteiger partial charge >= 0.3 is 5.97 Å². The van der Waals surface area contributed by atoms with Gasteiger partial charge in [0, 0.05) is 11.6 Å². The fraction of sp³-hybridized carbons (Fsp3) is 0.300. The lowest BCUT2D eigenvalue weighted by atomic mass is 9.96. The predicted octanol–water partition coefficient (Wildman–Crippen LogP) is 1.35. The number of carbonyl (C=O) groups is 1. The molecule has 0 fully saturated rings. The molecule has 0 saturated carbocycles. The number of carbonyl (C=O) groups excluding carboxylic acids is 1. The Labute approximate surface area is 85.3 Å². The van der Waals surface area contributed by atoms with Gasteiger partial charge < -0.3 is 9.84 Å². The van der Waals surface area contributed by atoms with Gasteiger partial charge in [0.1, 0.15) is 11.6 Å². The van der Waals surface area contributed by atoms with Crippen molar-refractivity contribution in [2.45, 2.75) is 12.5 Å². The molecule has 0 saturated heterocycles. The van der Waals surface area contributed by atoms with Gasteiger partial charge in [-0.15, -0.1) is 0 Å². The molecule has 0 aromatic heterocycles. The number of esters is 1. The van der Waals surface area contributed by atoms with Crippen molar-refractivity contribution in [3.8, 4) is 0 Å². The van der Waals surface area contributed by atoms with E-state index in [-0.39, 0.29) is 5.56 Å². The zero-order valence-corrected chi connectivity index (χ0v) is 8.25. The molecule has 1 atom stereocenters. The molecule has 0 aliphatic heterocycles. The van der Waals surface area contributed by atoms with E-state index < -0.39 is 23.2 Å². The number of methoxy groups -OCH3 is 1. The molecule has 3 nitrogen and oxygen atoms in total. The summed E-state index contributed by atoms with van der Waals surface area (Å²) in [4.78, 5) is 11.1. The summed E-state index contributed by atoms with van der Waals surface area (Å²) in [6.45, 7) is 1.10. The lowest BCUT2D eigenvalue weighted by Gasteiger charge is -2.20. The maximum absolute atomic E-state index is 12.8. The summed E-state index contributed by atoms with van der Waals surface area (Å²) < 4.78 is 30.0. The molecule has 82 valence electrons. The number of ether oxygens (including phenoxy) is 1. The molecule has 0 spiro atoms. The Morgan fingerprint density at radius 3 is 2.20 bits per heavy atom. The molecular formula is C10H10F2O3. The fourth-order valence-corrected chi connectivity index (χ4v) is 1.15. The molecule has 5 heteroatoms. The Morgan fingerprint density at radius 2 is 1.80 bits per heavy atom. The molecule has 0 radical (unpaired) electrons. The second kappa shape index (κ2) is 3.94. The van der Waals surface area contributed by atoms with Gasteiger partial charge in [-0.2, -0.15) is 0 Å². The molecule has 0 aliphatic rings. The lowest BCUT2D eigenvalue weighted by Crippen LogP contribution is -2.33. The van der Waals surface area contributed by atoms with Gasteiger partial charge in [0.25, 0.3) is 0 Å². The molecule has 0 bridgehead atoms. The third kappa shape index (κ3) is 2.30. The quantitative estimate of drug-likeness (QED) is 0.759. The van der Waals surface area contributed by atoms with Gasteiger partial charge in [0.05, 0.1) is 7.11 Å². The van der Waals surface area contributed by atoms with E-state index in [1.54, 1.807) is 0 Å². The van der Waals surface area contributed by atoms with E-state index in [1.807, 2.05) is 0 Å². The van der Waals surface area contributed by atoms with Crippen LogP contribution in [-0.4, -0.2) is 18.2 Å². The minimum absolute atomic E-state index is 0.188. The Balaban J connectivity index is 3.20. The summed E-state index contributed by atoms with van der Waals surface area (Å²) in [5, 5.41) is 9.70. The van der Waals surface area contributed by atoms with Crippen molar-refractivity contribution < 1.29 is 23.4 Å². The molecule has 1 rings (SSSR count). The summed E-state index contributed by atoms with van der Waals surface area (Å²) in [7, 11) is 1.08. The summed E-state index contributed by atoms with van der Waals surface area (Å²) in [6, 6.07) is 2.40. The van der Waals surface area contributed by atoms with Gasteiger partial charge in [-0.05, 0) is 19.1 Å². The largest absolute Gasteiger partial charge is 0.467 e. The highest BCUT2D eigenvalue weighted by atomic mass is 19.1. The molecule has 1 N–H and O–H groups in total. The normalized spacial score (nSPS) is 14.5. The van der Waals surface area contributed by atoms with Crippen molar-refractivity contribution in [1.82, 2.24) is 0 Å². The molecule has 0 aliphatic carbocycles. The van der Waals surface area contributed by atoms with E-state index in [1.165, 1.54) is 0 Å². The number of aliphatic hydroxyl groups is 1. The van der Waals surface area contributed by atoms with Crippen LogP contribution in [0.2, 0.25) is 0 Å². The van der Waals surface area contributed by atoms with E-state index in [9.17, 15) is 18.7 Å². The highest BCUT2D eigenvalue weighted by Gasteiger charge is 2.34. The standard InChI is InChI=1S/C10H10F2O3/c1-10(14,9(13)15-2)6-3-7(11)5-8(12)4-6/h3-5,14H,1-2H3/t10-/m0/s1. The minimum atomic E-state index is -2.06.